The van der Waals surface area contributed by atoms with E-state index in [9.17, 15) is 19.2 Å². The van der Waals surface area contributed by atoms with Gasteiger partial charge in [0.25, 0.3) is 5.91 Å². The lowest BCUT2D eigenvalue weighted by Gasteiger charge is -2.28. The first-order valence-corrected chi connectivity index (χ1v) is 14.7. The number of urea groups is 1. The fourth-order valence-electron chi connectivity index (χ4n) is 4.16. The lowest BCUT2D eigenvalue weighted by atomic mass is 9.95. The highest BCUT2D eigenvalue weighted by molar-refractivity contribution is 9.10. The van der Waals surface area contributed by atoms with E-state index in [1.807, 2.05) is 0 Å². The molecular weight excluding hydrogens is 656 g/mol. The summed E-state index contributed by atoms with van der Waals surface area (Å²) in [6.07, 6.45) is 1.40. The van der Waals surface area contributed by atoms with E-state index in [1.165, 1.54) is 13.3 Å². The second-order valence-electron chi connectivity index (χ2n) is 9.14. The molecule has 3 amide bonds. The molecule has 1 heterocycles. The van der Waals surface area contributed by atoms with Crippen molar-refractivity contribution in [3.8, 4) is 23.0 Å². The number of nitrogens with one attached hydrogen (secondary N) is 3. The molecule has 242 valence electrons. The average molecular weight is 692 g/mol. The Morgan fingerprint density at radius 2 is 1.71 bits per heavy atom. The number of allylic oxidation sites excluding steroid dienone is 1. The van der Waals surface area contributed by atoms with Crippen LogP contribution in [-0.2, 0) is 23.9 Å². The lowest BCUT2D eigenvalue weighted by Crippen LogP contribution is -2.45. The van der Waals surface area contributed by atoms with Gasteiger partial charge in [0.1, 0.15) is 0 Å². The van der Waals surface area contributed by atoms with E-state index in [2.05, 4.69) is 37.1 Å². The van der Waals surface area contributed by atoms with Gasteiger partial charge in [0.15, 0.2) is 36.2 Å². The zero-order valence-corrected chi connectivity index (χ0v) is 27.1. The van der Waals surface area contributed by atoms with Crippen LogP contribution in [0.1, 0.15) is 44.9 Å². The van der Waals surface area contributed by atoms with Crippen LogP contribution in [0.15, 0.2) is 51.2 Å². The Balaban J connectivity index is 1.66. The van der Waals surface area contributed by atoms with Crippen LogP contribution in [-0.4, -0.2) is 70.2 Å². The van der Waals surface area contributed by atoms with Gasteiger partial charge in [-0.05, 0) is 79.0 Å². The van der Waals surface area contributed by atoms with Gasteiger partial charge in [0.05, 0.1) is 49.2 Å². The zero-order chi connectivity index (χ0) is 32.9. The molecule has 0 saturated carbocycles. The number of ether oxygens (including phenoxy) is 6. The van der Waals surface area contributed by atoms with Crippen molar-refractivity contribution in [2.45, 2.75) is 33.7 Å². The number of halogens is 1. The second kappa shape index (κ2) is 16.9. The predicted octanol–water partition coefficient (Wildman–Crippen LogP) is 3.52. The van der Waals surface area contributed by atoms with Crippen molar-refractivity contribution >= 4 is 46.0 Å². The SMILES string of the molecule is CCOC(=O)COc1c(Br)cc(/C=N\NC(=O)COc2ccc([C@H]3NC(=O)NC(C)=C3C(=O)OCC)cc2OC)cc1OCC. The largest absolute Gasteiger partial charge is 0.493 e. The number of hydrazone groups is 1. The number of carbonyl (C=O) groups excluding carboxylic acids is 4. The summed E-state index contributed by atoms with van der Waals surface area (Å²) >= 11 is 3.41. The molecule has 0 aromatic heterocycles. The highest BCUT2D eigenvalue weighted by atomic mass is 79.9. The van der Waals surface area contributed by atoms with Crippen molar-refractivity contribution in [2.75, 3.05) is 40.1 Å². The van der Waals surface area contributed by atoms with Gasteiger partial charge < -0.3 is 39.1 Å². The van der Waals surface area contributed by atoms with Gasteiger partial charge in [-0.15, -0.1) is 0 Å². The smallest absolute Gasteiger partial charge is 0.344 e. The molecule has 45 heavy (non-hydrogen) atoms. The van der Waals surface area contributed by atoms with Crippen LogP contribution in [0.3, 0.4) is 0 Å². The Hall–Kier alpha value is -4.79. The lowest BCUT2D eigenvalue weighted by molar-refractivity contribution is -0.145. The van der Waals surface area contributed by atoms with Crippen LogP contribution < -0.4 is 35.0 Å². The van der Waals surface area contributed by atoms with E-state index in [4.69, 9.17) is 28.4 Å². The summed E-state index contributed by atoms with van der Waals surface area (Å²) in [5.41, 5.74) is 4.13. The van der Waals surface area contributed by atoms with Gasteiger partial charge in [-0.3, -0.25) is 4.79 Å². The van der Waals surface area contributed by atoms with Gasteiger partial charge >= 0.3 is 18.0 Å². The van der Waals surface area contributed by atoms with Crippen molar-refractivity contribution in [2.24, 2.45) is 5.10 Å². The number of amides is 3. The number of benzene rings is 2. The Bertz CT molecular complexity index is 1480. The molecule has 1 atom stereocenters. The molecular formula is C30H35BrN4O10. The van der Waals surface area contributed by atoms with E-state index >= 15 is 0 Å². The van der Waals surface area contributed by atoms with E-state index < -0.39 is 36.5 Å². The summed E-state index contributed by atoms with van der Waals surface area (Å²) in [5.74, 6) is -0.411. The summed E-state index contributed by atoms with van der Waals surface area (Å²) in [7, 11) is 1.42. The van der Waals surface area contributed by atoms with E-state index in [0.29, 0.717) is 39.4 Å². The van der Waals surface area contributed by atoms with Gasteiger partial charge in [-0.25, -0.2) is 19.8 Å². The molecule has 0 unspecified atom stereocenters. The van der Waals surface area contributed by atoms with Crippen LogP contribution in [0, 0.1) is 0 Å². The molecule has 3 rings (SSSR count). The van der Waals surface area contributed by atoms with Crippen LogP contribution >= 0.6 is 15.9 Å². The molecule has 0 saturated heterocycles. The first-order valence-electron chi connectivity index (χ1n) is 13.9. The molecule has 0 spiro atoms. The fraction of sp³-hybridized carbons (Fsp3) is 0.367. The van der Waals surface area contributed by atoms with Gasteiger partial charge in [0.2, 0.25) is 0 Å². The maximum atomic E-state index is 12.6. The molecule has 0 fully saturated rings. The highest BCUT2D eigenvalue weighted by Crippen LogP contribution is 2.37. The number of esters is 2. The third-order valence-electron chi connectivity index (χ3n) is 6.02. The Labute approximate surface area is 268 Å². The minimum Gasteiger partial charge on any atom is -0.493 e. The standard InChI is InChI=1S/C30H35BrN4O10/c1-6-41-23-12-18(11-20(31)28(23)45-16-25(37)42-7-2)14-32-35-24(36)15-44-21-10-9-19(13-22(21)40-5)27-26(29(38)43-8-3)17(4)33-30(39)34-27/h9-14,27H,6-8,15-16H2,1-5H3,(H,35,36)(H2,33,34,39)/b32-14-/t27-/m1/s1. The summed E-state index contributed by atoms with van der Waals surface area (Å²) in [6, 6.07) is 6.86. The number of nitrogens with zero attached hydrogens (tertiary/aromatic N) is 1. The van der Waals surface area contributed by atoms with E-state index in [0.717, 1.165) is 0 Å². The zero-order valence-electron chi connectivity index (χ0n) is 25.5. The number of carbonyl (C=O) groups is 4. The number of hydrogen-bond acceptors (Lipinski definition) is 11. The number of methoxy groups -OCH3 is 1. The molecule has 0 radical (unpaired) electrons. The van der Waals surface area contributed by atoms with Crippen LogP contribution in [0.25, 0.3) is 0 Å². The molecule has 0 aliphatic carbocycles. The Kier molecular flexibility index (Phi) is 13.0. The van der Waals surface area contributed by atoms with Gasteiger partial charge in [0, 0.05) is 5.70 Å². The van der Waals surface area contributed by atoms with Crippen molar-refractivity contribution in [1.82, 2.24) is 16.1 Å². The molecule has 1 aliphatic heterocycles. The molecule has 15 heteroatoms. The summed E-state index contributed by atoms with van der Waals surface area (Å²) < 4.78 is 32.9. The van der Waals surface area contributed by atoms with E-state index in [-0.39, 0.29) is 36.9 Å². The average Bonchev–Trinajstić information content (AvgIpc) is 2.99. The summed E-state index contributed by atoms with van der Waals surface area (Å²) in [6.45, 7) is 6.89. The minimum absolute atomic E-state index is 0.171. The third-order valence-corrected chi connectivity index (χ3v) is 6.61. The number of rotatable bonds is 15. The van der Waals surface area contributed by atoms with Crippen LogP contribution in [0.4, 0.5) is 4.79 Å². The monoisotopic (exact) mass is 690 g/mol. The minimum atomic E-state index is -0.792. The predicted molar refractivity (Wildman–Crippen MR) is 165 cm³/mol. The van der Waals surface area contributed by atoms with Crippen molar-refractivity contribution < 1.29 is 47.6 Å². The molecule has 0 bridgehead atoms. The normalized spacial score (nSPS) is 14.3. The van der Waals surface area contributed by atoms with Crippen molar-refractivity contribution in [3.63, 3.8) is 0 Å². The first kappa shape index (κ1) is 34.7. The fourth-order valence-corrected chi connectivity index (χ4v) is 4.73. The van der Waals surface area contributed by atoms with Crippen molar-refractivity contribution in [3.05, 3.63) is 57.2 Å². The second-order valence-corrected chi connectivity index (χ2v) is 9.99. The Morgan fingerprint density at radius 3 is 2.40 bits per heavy atom. The molecule has 2 aromatic rings. The topological polar surface area (TPSA) is 172 Å². The molecule has 2 aromatic carbocycles. The molecule has 14 nitrogen and oxygen atoms in total. The quantitative estimate of drug-likeness (QED) is 0.143. The first-order chi connectivity index (χ1) is 21.6. The van der Waals surface area contributed by atoms with Crippen LogP contribution in [0.2, 0.25) is 0 Å². The molecule has 1 aliphatic rings. The van der Waals surface area contributed by atoms with E-state index in [1.54, 1.807) is 58.0 Å². The molecule has 3 N–H and O–H groups in total. The maximum Gasteiger partial charge on any atom is 0.344 e. The number of hydrogen-bond donors (Lipinski definition) is 3. The third kappa shape index (κ3) is 9.60. The van der Waals surface area contributed by atoms with Crippen LogP contribution in [0.5, 0.6) is 23.0 Å². The maximum absolute atomic E-state index is 12.6. The van der Waals surface area contributed by atoms with Gasteiger partial charge in [-0.2, -0.15) is 5.10 Å². The summed E-state index contributed by atoms with van der Waals surface area (Å²) in [4.78, 5) is 48.9. The Morgan fingerprint density at radius 1 is 0.956 bits per heavy atom. The summed E-state index contributed by atoms with van der Waals surface area (Å²) in [5, 5.41) is 9.28. The van der Waals surface area contributed by atoms with Crippen molar-refractivity contribution in [1.29, 1.82) is 0 Å². The highest BCUT2D eigenvalue weighted by Gasteiger charge is 2.32. The van der Waals surface area contributed by atoms with Gasteiger partial charge in [-0.1, -0.05) is 6.07 Å².